The maximum absolute atomic E-state index is 12.3. The Balaban J connectivity index is 2.30. The van der Waals surface area contributed by atoms with Crippen LogP contribution in [0, 0.1) is 0 Å². The number of benzene rings is 1. The van der Waals surface area contributed by atoms with Crippen molar-refractivity contribution in [3.8, 4) is 0 Å². The monoisotopic (exact) mass is 392 g/mol. The van der Waals surface area contributed by atoms with Gasteiger partial charge in [-0.2, -0.15) is 0 Å². The lowest BCUT2D eigenvalue weighted by atomic mass is 9.82. The Kier molecular flexibility index (Phi) is 7.31. The lowest BCUT2D eigenvalue weighted by Crippen LogP contribution is -2.63. The van der Waals surface area contributed by atoms with Crippen molar-refractivity contribution in [2.45, 2.75) is 44.7 Å². The fraction of sp³-hybridized carbons (Fsp3) is 0.450. The van der Waals surface area contributed by atoms with Crippen molar-refractivity contribution < 1.29 is 38.4 Å². The zero-order valence-corrected chi connectivity index (χ0v) is 16.0. The molecule has 1 aliphatic carbocycles. The zero-order valence-electron chi connectivity index (χ0n) is 16.0. The number of carbonyl (C=O) groups excluding carboxylic acids is 3. The Morgan fingerprint density at radius 1 is 1.04 bits per heavy atom. The minimum Gasteiger partial charge on any atom is -0.459 e. The normalized spacial score (nSPS) is 26.4. The van der Waals surface area contributed by atoms with E-state index in [9.17, 15) is 19.5 Å². The third-order valence-corrected chi connectivity index (χ3v) is 4.14. The maximum Gasteiger partial charge on any atom is 0.338 e. The standard InChI is InChI=1S/C20H24O8/c1-4-25-17-11-10-16(27-13(2)21)18(28-14(3)22)20(17,24)12-26-19(23)15-8-6-5-7-9-15/h5-11,16-18,24H,4,12H2,1-3H3/t16-,17+,18+,20+/m1/s1. The van der Waals surface area contributed by atoms with Gasteiger partial charge >= 0.3 is 17.9 Å². The van der Waals surface area contributed by atoms with Crippen LogP contribution in [0.25, 0.3) is 0 Å². The van der Waals surface area contributed by atoms with Crippen LogP contribution >= 0.6 is 0 Å². The first-order valence-corrected chi connectivity index (χ1v) is 8.86. The van der Waals surface area contributed by atoms with Crippen LogP contribution in [-0.2, 0) is 28.5 Å². The number of aliphatic hydroxyl groups is 1. The first-order valence-electron chi connectivity index (χ1n) is 8.86. The summed E-state index contributed by atoms with van der Waals surface area (Å²) < 4.78 is 21.2. The van der Waals surface area contributed by atoms with Crippen molar-refractivity contribution in [1.82, 2.24) is 0 Å². The van der Waals surface area contributed by atoms with E-state index in [4.69, 9.17) is 18.9 Å². The SMILES string of the molecule is CCO[C@H]1C=C[C@@H](OC(C)=O)[C@H](OC(C)=O)[C@]1(O)COC(=O)c1ccccc1. The maximum atomic E-state index is 12.3. The second-order valence-electron chi connectivity index (χ2n) is 6.30. The van der Waals surface area contributed by atoms with Crippen molar-refractivity contribution in [3.05, 3.63) is 48.0 Å². The molecule has 0 unspecified atom stereocenters. The number of esters is 3. The highest BCUT2D eigenvalue weighted by atomic mass is 16.6. The van der Waals surface area contributed by atoms with E-state index in [2.05, 4.69) is 0 Å². The summed E-state index contributed by atoms with van der Waals surface area (Å²) in [6.07, 6.45) is -0.356. The fourth-order valence-electron chi connectivity index (χ4n) is 2.95. The van der Waals surface area contributed by atoms with Gasteiger partial charge in [0.15, 0.2) is 17.8 Å². The molecule has 0 amide bonds. The average Bonchev–Trinajstić information content (AvgIpc) is 2.65. The van der Waals surface area contributed by atoms with Crippen molar-refractivity contribution in [1.29, 1.82) is 0 Å². The smallest absolute Gasteiger partial charge is 0.338 e. The summed E-state index contributed by atoms with van der Waals surface area (Å²) >= 11 is 0. The van der Waals surface area contributed by atoms with Gasteiger partial charge in [0.05, 0.1) is 5.56 Å². The molecule has 0 heterocycles. The largest absolute Gasteiger partial charge is 0.459 e. The molecule has 0 fully saturated rings. The number of carbonyl (C=O) groups is 3. The Hall–Kier alpha value is -2.71. The molecule has 1 aliphatic rings. The summed E-state index contributed by atoms with van der Waals surface area (Å²) in [7, 11) is 0. The lowest BCUT2D eigenvalue weighted by molar-refractivity contribution is -0.217. The lowest BCUT2D eigenvalue weighted by Gasteiger charge is -2.43. The zero-order chi connectivity index (χ0) is 20.7. The van der Waals surface area contributed by atoms with Crippen LogP contribution in [0.4, 0.5) is 0 Å². The molecule has 0 bridgehead atoms. The Morgan fingerprint density at radius 3 is 2.25 bits per heavy atom. The van der Waals surface area contributed by atoms with E-state index in [-0.39, 0.29) is 6.61 Å². The molecule has 1 aromatic rings. The quantitative estimate of drug-likeness (QED) is 0.422. The summed E-state index contributed by atoms with van der Waals surface area (Å²) in [5, 5.41) is 11.3. The fourth-order valence-corrected chi connectivity index (χ4v) is 2.95. The number of hydrogen-bond donors (Lipinski definition) is 1. The molecule has 152 valence electrons. The van der Waals surface area contributed by atoms with Gasteiger partial charge in [0.1, 0.15) is 12.7 Å². The Morgan fingerprint density at radius 2 is 1.68 bits per heavy atom. The van der Waals surface area contributed by atoms with Gasteiger partial charge in [-0.05, 0) is 25.1 Å². The molecule has 4 atom stereocenters. The molecule has 0 spiro atoms. The van der Waals surface area contributed by atoms with Crippen molar-refractivity contribution in [2.75, 3.05) is 13.2 Å². The molecule has 0 aromatic heterocycles. The Bertz CT molecular complexity index is 729. The molecule has 0 saturated heterocycles. The summed E-state index contributed by atoms with van der Waals surface area (Å²) in [6.45, 7) is 3.79. The highest BCUT2D eigenvalue weighted by Gasteiger charge is 2.54. The van der Waals surface area contributed by atoms with Crippen molar-refractivity contribution in [3.63, 3.8) is 0 Å². The van der Waals surface area contributed by atoms with E-state index in [1.165, 1.54) is 19.1 Å². The van der Waals surface area contributed by atoms with E-state index < -0.39 is 48.4 Å². The van der Waals surface area contributed by atoms with Crippen LogP contribution in [0.1, 0.15) is 31.1 Å². The van der Waals surface area contributed by atoms with Gasteiger partial charge in [-0.3, -0.25) is 9.59 Å². The van der Waals surface area contributed by atoms with Crippen molar-refractivity contribution in [2.24, 2.45) is 0 Å². The molecule has 0 radical (unpaired) electrons. The van der Waals surface area contributed by atoms with Crippen LogP contribution in [0.3, 0.4) is 0 Å². The summed E-state index contributed by atoms with van der Waals surface area (Å²) in [6, 6.07) is 8.24. The predicted octanol–water partition coefficient (Wildman–Crippen LogP) is 1.41. The van der Waals surface area contributed by atoms with Crippen LogP contribution in [0.15, 0.2) is 42.5 Å². The van der Waals surface area contributed by atoms with Gasteiger partial charge in [0.2, 0.25) is 0 Å². The second-order valence-corrected chi connectivity index (χ2v) is 6.30. The molecule has 0 aliphatic heterocycles. The third-order valence-electron chi connectivity index (χ3n) is 4.14. The first-order chi connectivity index (χ1) is 13.3. The molecule has 8 nitrogen and oxygen atoms in total. The molecule has 0 saturated carbocycles. The van der Waals surface area contributed by atoms with Crippen LogP contribution in [0.5, 0.6) is 0 Å². The average molecular weight is 392 g/mol. The summed E-state index contributed by atoms with van der Waals surface area (Å²) in [5.41, 5.74) is -1.66. The topological polar surface area (TPSA) is 108 Å². The van der Waals surface area contributed by atoms with E-state index in [1.54, 1.807) is 37.3 Å². The molecule has 8 heteroatoms. The van der Waals surface area contributed by atoms with Gasteiger partial charge in [0.25, 0.3) is 0 Å². The number of hydrogen-bond acceptors (Lipinski definition) is 8. The highest BCUT2D eigenvalue weighted by molar-refractivity contribution is 5.89. The van der Waals surface area contributed by atoms with Crippen LogP contribution < -0.4 is 0 Å². The van der Waals surface area contributed by atoms with E-state index in [0.717, 1.165) is 6.92 Å². The van der Waals surface area contributed by atoms with Crippen LogP contribution in [0.2, 0.25) is 0 Å². The molecule has 2 rings (SSSR count). The van der Waals surface area contributed by atoms with Gasteiger partial charge in [0, 0.05) is 20.5 Å². The molecular weight excluding hydrogens is 368 g/mol. The molecule has 1 N–H and O–H groups in total. The summed E-state index contributed by atoms with van der Waals surface area (Å²) in [5.74, 6) is -1.98. The number of rotatable bonds is 7. The Labute approximate surface area is 163 Å². The minimum absolute atomic E-state index is 0.245. The van der Waals surface area contributed by atoms with E-state index in [0.29, 0.717) is 5.56 Å². The molecule has 28 heavy (non-hydrogen) atoms. The number of ether oxygens (including phenoxy) is 4. The third kappa shape index (κ3) is 5.17. The highest BCUT2D eigenvalue weighted by Crippen LogP contribution is 2.32. The molecule has 1 aromatic carbocycles. The van der Waals surface area contributed by atoms with Crippen molar-refractivity contribution >= 4 is 17.9 Å². The molecular formula is C20H24O8. The van der Waals surface area contributed by atoms with Gasteiger partial charge in [-0.25, -0.2) is 4.79 Å². The van der Waals surface area contributed by atoms with Gasteiger partial charge in [-0.15, -0.1) is 0 Å². The first kappa shape index (κ1) is 21.6. The van der Waals surface area contributed by atoms with Gasteiger partial charge in [-0.1, -0.05) is 24.3 Å². The van der Waals surface area contributed by atoms with E-state index >= 15 is 0 Å². The predicted molar refractivity (Wildman–Crippen MR) is 97.3 cm³/mol. The van der Waals surface area contributed by atoms with E-state index in [1.807, 2.05) is 0 Å². The second kappa shape index (κ2) is 9.48. The minimum atomic E-state index is -1.96. The van der Waals surface area contributed by atoms with Gasteiger partial charge < -0.3 is 24.1 Å². The van der Waals surface area contributed by atoms with Crippen LogP contribution in [-0.4, -0.2) is 60.1 Å². The summed E-state index contributed by atoms with van der Waals surface area (Å²) in [4.78, 5) is 35.3.